The number of rotatable bonds is 6. The number of carbonyl (C=O) groups is 3. The molecule has 1 aliphatic carbocycles. The predicted molar refractivity (Wildman–Crippen MR) is 149 cm³/mol. The fourth-order valence-electron chi connectivity index (χ4n) is 4.08. The zero-order valence-electron chi connectivity index (χ0n) is 20.6. The van der Waals surface area contributed by atoms with E-state index in [0.29, 0.717) is 33.0 Å². The van der Waals surface area contributed by atoms with E-state index in [-0.39, 0.29) is 28.3 Å². The number of furan rings is 1. The third-order valence-electron chi connectivity index (χ3n) is 6.60. The Kier molecular flexibility index (Phi) is 7.14. The van der Waals surface area contributed by atoms with Gasteiger partial charge in [0.05, 0.1) is 26.9 Å². The molecule has 1 aliphatic heterocycles. The molecule has 2 aromatic carbocycles. The van der Waals surface area contributed by atoms with Crippen molar-refractivity contribution >= 4 is 63.8 Å². The third-order valence-corrected chi connectivity index (χ3v) is 7.82. The molecule has 10 heteroatoms. The summed E-state index contributed by atoms with van der Waals surface area (Å²) < 4.78 is 6.07. The monoisotopic (exact) mass is 549 g/mol. The average molecular weight is 550 g/mol. The van der Waals surface area contributed by atoms with Crippen molar-refractivity contribution in [2.24, 2.45) is 10.9 Å². The number of nitrogens with zero attached hydrogens (tertiary/aromatic N) is 1. The van der Waals surface area contributed by atoms with Gasteiger partial charge in [-0.3, -0.25) is 9.59 Å². The number of amidine groups is 1. The van der Waals surface area contributed by atoms with Gasteiger partial charge in [0.25, 0.3) is 5.91 Å². The number of aryl methyl sites for hydroxylation is 2. The molecule has 0 bridgehead atoms. The zero-order chi connectivity index (χ0) is 27.0. The fourth-order valence-corrected chi connectivity index (χ4v) is 5.16. The highest BCUT2D eigenvalue weighted by Crippen LogP contribution is 2.36. The Morgan fingerprint density at radius 2 is 1.92 bits per heavy atom. The van der Waals surface area contributed by atoms with Gasteiger partial charge in [-0.05, 0) is 92.0 Å². The van der Waals surface area contributed by atoms with Crippen molar-refractivity contribution in [2.75, 3.05) is 5.32 Å². The van der Waals surface area contributed by atoms with Crippen LogP contribution in [0, 0.1) is 19.8 Å². The predicted octanol–water partition coefficient (Wildman–Crippen LogP) is 6.55. The Bertz CT molecular complexity index is 1540. The van der Waals surface area contributed by atoms with Crippen molar-refractivity contribution in [1.82, 2.24) is 5.32 Å². The highest BCUT2D eigenvalue weighted by molar-refractivity contribution is 8.18. The first-order valence-corrected chi connectivity index (χ1v) is 13.2. The smallest absolute Gasteiger partial charge is 0.337 e. The van der Waals surface area contributed by atoms with Crippen LogP contribution in [0.4, 0.5) is 11.4 Å². The van der Waals surface area contributed by atoms with E-state index in [4.69, 9.17) is 21.1 Å². The van der Waals surface area contributed by atoms with Crippen molar-refractivity contribution in [1.29, 1.82) is 0 Å². The van der Waals surface area contributed by atoms with Crippen molar-refractivity contribution < 1.29 is 23.9 Å². The van der Waals surface area contributed by atoms with Gasteiger partial charge < -0.3 is 20.2 Å². The van der Waals surface area contributed by atoms with Gasteiger partial charge in [-0.15, -0.1) is 0 Å². The molecule has 1 saturated heterocycles. The highest BCUT2D eigenvalue weighted by Gasteiger charge is 2.27. The molecule has 38 heavy (non-hydrogen) atoms. The van der Waals surface area contributed by atoms with Crippen LogP contribution in [0.3, 0.4) is 0 Å². The number of carbonyl (C=O) groups excluding carboxylic acids is 2. The Hall–Kier alpha value is -3.82. The van der Waals surface area contributed by atoms with E-state index in [1.54, 1.807) is 12.1 Å². The number of amides is 2. The van der Waals surface area contributed by atoms with Crippen LogP contribution in [0.15, 0.2) is 56.8 Å². The van der Waals surface area contributed by atoms with E-state index >= 15 is 0 Å². The Balaban J connectivity index is 1.37. The summed E-state index contributed by atoms with van der Waals surface area (Å²) in [6.45, 7) is 4.00. The number of hydrogen-bond donors (Lipinski definition) is 3. The van der Waals surface area contributed by atoms with Crippen LogP contribution in [-0.4, -0.2) is 28.1 Å². The van der Waals surface area contributed by atoms with Crippen molar-refractivity contribution in [2.45, 2.75) is 33.1 Å². The zero-order valence-corrected chi connectivity index (χ0v) is 22.2. The molecular formula is C28H24ClN3O5S. The van der Waals surface area contributed by atoms with Gasteiger partial charge in [-0.2, -0.15) is 0 Å². The number of hydrogen-bond acceptors (Lipinski definition) is 6. The second kappa shape index (κ2) is 10.5. The van der Waals surface area contributed by atoms with Crippen LogP contribution in [0.1, 0.15) is 46.5 Å². The van der Waals surface area contributed by atoms with Gasteiger partial charge in [-0.25, -0.2) is 9.79 Å². The third kappa shape index (κ3) is 5.39. The molecule has 3 N–H and O–H groups in total. The summed E-state index contributed by atoms with van der Waals surface area (Å²) in [6.07, 6.45) is 4.53. The molecule has 194 valence electrons. The highest BCUT2D eigenvalue weighted by atomic mass is 35.5. The van der Waals surface area contributed by atoms with Crippen LogP contribution in [0.25, 0.3) is 17.4 Å². The van der Waals surface area contributed by atoms with E-state index < -0.39 is 5.97 Å². The molecule has 2 heterocycles. The quantitative estimate of drug-likeness (QED) is 0.300. The SMILES string of the molecule is Cc1cc(NC(=O)C2CCC2)c(-c2ccc(/C=C3\SC(=Nc4ccc(C(=O)O)c(Cl)c4)NC3=O)o2)cc1C. The molecule has 1 aromatic heterocycles. The molecule has 3 aromatic rings. The number of carboxylic acids is 1. The number of thioether (sulfide) groups is 1. The molecular weight excluding hydrogens is 526 g/mol. The first-order valence-electron chi connectivity index (χ1n) is 12.0. The number of aliphatic imine (C=N–C) groups is 1. The summed E-state index contributed by atoms with van der Waals surface area (Å²) in [4.78, 5) is 41.1. The summed E-state index contributed by atoms with van der Waals surface area (Å²) in [7, 11) is 0. The van der Waals surface area contributed by atoms with E-state index in [9.17, 15) is 14.4 Å². The summed E-state index contributed by atoms with van der Waals surface area (Å²) in [5, 5.41) is 15.3. The maximum absolute atomic E-state index is 12.6. The first-order chi connectivity index (χ1) is 18.2. The lowest BCUT2D eigenvalue weighted by Crippen LogP contribution is -2.28. The number of aromatic carboxylic acids is 1. The second-order valence-electron chi connectivity index (χ2n) is 9.25. The minimum absolute atomic E-state index is 0.0255. The van der Waals surface area contributed by atoms with Gasteiger partial charge >= 0.3 is 5.97 Å². The number of nitrogens with one attached hydrogen (secondary N) is 2. The van der Waals surface area contributed by atoms with Gasteiger partial charge in [0.15, 0.2) is 5.17 Å². The van der Waals surface area contributed by atoms with Gasteiger partial charge in [-0.1, -0.05) is 18.0 Å². The van der Waals surface area contributed by atoms with Crippen LogP contribution in [0.2, 0.25) is 5.02 Å². The van der Waals surface area contributed by atoms with Crippen LogP contribution >= 0.6 is 23.4 Å². The van der Waals surface area contributed by atoms with E-state index in [2.05, 4.69) is 15.6 Å². The normalized spacial score (nSPS) is 17.5. The molecule has 0 spiro atoms. The van der Waals surface area contributed by atoms with Crippen LogP contribution < -0.4 is 10.6 Å². The molecule has 2 aliphatic rings. The molecule has 0 unspecified atom stereocenters. The summed E-state index contributed by atoms with van der Waals surface area (Å²) in [6, 6.07) is 11.8. The average Bonchev–Trinajstić information content (AvgIpc) is 3.41. The molecule has 2 amide bonds. The largest absolute Gasteiger partial charge is 0.478 e. The lowest BCUT2D eigenvalue weighted by Gasteiger charge is -2.24. The van der Waals surface area contributed by atoms with Crippen LogP contribution in [0.5, 0.6) is 0 Å². The Morgan fingerprint density at radius 1 is 1.16 bits per heavy atom. The minimum atomic E-state index is -1.13. The van der Waals surface area contributed by atoms with E-state index in [1.165, 1.54) is 18.2 Å². The molecule has 1 saturated carbocycles. The van der Waals surface area contributed by atoms with Crippen molar-refractivity contribution in [3.63, 3.8) is 0 Å². The first kappa shape index (κ1) is 25.8. The lowest BCUT2D eigenvalue weighted by atomic mass is 9.84. The topological polar surface area (TPSA) is 121 Å². The van der Waals surface area contributed by atoms with E-state index in [1.807, 2.05) is 32.0 Å². The summed E-state index contributed by atoms with van der Waals surface area (Å²) in [5.41, 5.74) is 4.00. The van der Waals surface area contributed by atoms with Crippen molar-refractivity contribution in [3.8, 4) is 11.3 Å². The molecule has 5 rings (SSSR count). The number of benzene rings is 2. The van der Waals surface area contributed by atoms with Crippen molar-refractivity contribution in [3.05, 3.63) is 74.8 Å². The minimum Gasteiger partial charge on any atom is -0.478 e. The van der Waals surface area contributed by atoms with Gasteiger partial charge in [0.2, 0.25) is 5.91 Å². The van der Waals surface area contributed by atoms with Crippen LogP contribution in [-0.2, 0) is 9.59 Å². The maximum atomic E-state index is 12.6. The molecule has 8 nitrogen and oxygen atoms in total. The Morgan fingerprint density at radius 3 is 2.61 bits per heavy atom. The number of carboxylic acid groups (broad SMARTS) is 1. The van der Waals surface area contributed by atoms with E-state index in [0.717, 1.165) is 47.7 Å². The summed E-state index contributed by atoms with van der Waals surface area (Å²) >= 11 is 7.15. The lowest BCUT2D eigenvalue weighted by molar-refractivity contribution is -0.122. The second-order valence-corrected chi connectivity index (χ2v) is 10.7. The Labute approximate surface area is 228 Å². The molecule has 0 radical (unpaired) electrons. The molecule has 0 atom stereocenters. The fraction of sp³-hybridized carbons (Fsp3) is 0.214. The van der Waals surface area contributed by atoms with Gasteiger partial charge in [0.1, 0.15) is 11.5 Å². The number of anilines is 1. The van der Waals surface area contributed by atoms with Gasteiger partial charge in [0, 0.05) is 17.6 Å². The standard InChI is InChI=1S/C28H24ClN3O5S/c1-14-10-20(22(11-15(14)2)31-25(33)16-4-3-5-16)23-9-7-18(37-23)13-24-26(34)32-28(38-24)30-17-6-8-19(27(35)36)21(29)12-17/h6-13,16H,3-5H2,1-2H3,(H,31,33)(H,35,36)(H,30,32,34)/b24-13-. The maximum Gasteiger partial charge on any atom is 0.337 e. The summed E-state index contributed by atoms with van der Waals surface area (Å²) in [5.74, 6) is -0.328. The number of halogens is 1. The molecule has 2 fully saturated rings.